The predicted octanol–water partition coefficient (Wildman–Crippen LogP) is 3.42. The summed E-state index contributed by atoms with van der Waals surface area (Å²) in [4.78, 5) is 13.3. The summed E-state index contributed by atoms with van der Waals surface area (Å²) >= 11 is 1.57. The third-order valence-electron chi connectivity index (χ3n) is 3.39. The number of rotatable bonds is 7. The van der Waals surface area contributed by atoms with Gasteiger partial charge in [0.2, 0.25) is 0 Å². The maximum absolute atomic E-state index is 11.3. The number of phenolic OH excluding ortho intramolecular Hbond substituents is 1. The molecule has 2 N–H and O–H groups in total. The normalized spacial score (nSPS) is 12.3. The van der Waals surface area contributed by atoms with Crippen molar-refractivity contribution in [2.75, 3.05) is 6.54 Å². The van der Waals surface area contributed by atoms with E-state index in [4.69, 9.17) is 0 Å². The maximum atomic E-state index is 11.3. The van der Waals surface area contributed by atoms with Crippen LogP contribution in [-0.2, 0) is 12.8 Å². The molecule has 1 heterocycles. The van der Waals surface area contributed by atoms with Gasteiger partial charge in [-0.15, -0.1) is 11.3 Å². The molecular formula is C17H21NO2S. The number of carbonyl (C=O) groups is 1. The van der Waals surface area contributed by atoms with Gasteiger partial charge in [0, 0.05) is 10.9 Å². The Labute approximate surface area is 129 Å². The molecule has 2 rings (SSSR count). The van der Waals surface area contributed by atoms with E-state index in [0.29, 0.717) is 11.8 Å². The van der Waals surface area contributed by atoms with Crippen molar-refractivity contribution in [1.29, 1.82) is 0 Å². The monoisotopic (exact) mass is 303 g/mol. The van der Waals surface area contributed by atoms with Crippen molar-refractivity contribution in [2.45, 2.75) is 32.7 Å². The zero-order valence-corrected chi connectivity index (χ0v) is 13.2. The van der Waals surface area contributed by atoms with Gasteiger partial charge in [0.05, 0.1) is 4.88 Å². The standard InChI is InChI=1S/C17H21NO2S/c1-12(11-15-7-8-17(21-15)13(2)19)18-10-9-14-5-3-4-6-16(14)20/h3-8,12,18,20H,9-11H2,1-2H3. The Morgan fingerprint density at radius 2 is 2.05 bits per heavy atom. The molecule has 0 aliphatic carbocycles. The molecule has 4 heteroatoms. The molecule has 3 nitrogen and oxygen atoms in total. The third-order valence-corrected chi connectivity index (χ3v) is 4.60. The van der Waals surface area contributed by atoms with Gasteiger partial charge in [-0.05, 0) is 57.0 Å². The largest absolute Gasteiger partial charge is 0.508 e. The Bertz CT molecular complexity index is 606. The lowest BCUT2D eigenvalue weighted by molar-refractivity contribution is 0.102. The van der Waals surface area contributed by atoms with Gasteiger partial charge < -0.3 is 10.4 Å². The number of nitrogens with one attached hydrogen (secondary N) is 1. The summed E-state index contributed by atoms with van der Waals surface area (Å²) in [5, 5.41) is 13.2. The predicted molar refractivity (Wildman–Crippen MR) is 87.3 cm³/mol. The summed E-state index contributed by atoms with van der Waals surface area (Å²) in [5.74, 6) is 0.489. The molecule has 0 aliphatic rings. The van der Waals surface area contributed by atoms with Crippen LogP contribution in [0.1, 0.15) is 34.0 Å². The smallest absolute Gasteiger partial charge is 0.169 e. The molecule has 0 fully saturated rings. The van der Waals surface area contributed by atoms with Crippen LogP contribution >= 0.6 is 11.3 Å². The van der Waals surface area contributed by atoms with Gasteiger partial charge in [-0.2, -0.15) is 0 Å². The number of thiophene rings is 1. The minimum Gasteiger partial charge on any atom is -0.508 e. The van der Waals surface area contributed by atoms with Gasteiger partial charge in [-0.1, -0.05) is 18.2 Å². The van der Waals surface area contributed by atoms with Crippen LogP contribution in [0.25, 0.3) is 0 Å². The SMILES string of the molecule is CC(=O)c1ccc(CC(C)NCCc2ccccc2O)s1. The van der Waals surface area contributed by atoms with E-state index in [1.165, 1.54) is 4.88 Å². The Hall–Kier alpha value is -1.65. The highest BCUT2D eigenvalue weighted by molar-refractivity contribution is 7.14. The van der Waals surface area contributed by atoms with E-state index in [0.717, 1.165) is 29.8 Å². The second-order valence-corrected chi connectivity index (χ2v) is 6.43. The number of carbonyl (C=O) groups excluding carboxylic acids is 1. The van der Waals surface area contributed by atoms with Gasteiger partial charge in [-0.3, -0.25) is 4.79 Å². The zero-order valence-electron chi connectivity index (χ0n) is 12.4. The van der Waals surface area contributed by atoms with Crippen molar-refractivity contribution in [3.05, 3.63) is 51.7 Å². The van der Waals surface area contributed by atoms with Crippen LogP contribution in [0.5, 0.6) is 5.75 Å². The number of para-hydroxylation sites is 1. The second-order valence-electron chi connectivity index (χ2n) is 5.26. The summed E-state index contributed by atoms with van der Waals surface area (Å²) in [5.41, 5.74) is 0.965. The van der Waals surface area contributed by atoms with Crippen molar-refractivity contribution in [3.8, 4) is 5.75 Å². The summed E-state index contributed by atoms with van der Waals surface area (Å²) < 4.78 is 0. The van der Waals surface area contributed by atoms with Gasteiger partial charge in [0.1, 0.15) is 5.75 Å². The first-order chi connectivity index (χ1) is 10.1. The molecule has 112 valence electrons. The van der Waals surface area contributed by atoms with Crippen LogP contribution in [0.3, 0.4) is 0 Å². The number of hydrogen-bond acceptors (Lipinski definition) is 4. The molecule has 1 atom stereocenters. The molecule has 0 amide bonds. The lowest BCUT2D eigenvalue weighted by Crippen LogP contribution is -2.29. The molecule has 1 aromatic heterocycles. The summed E-state index contributed by atoms with van der Waals surface area (Å²) in [6.07, 6.45) is 1.72. The average Bonchev–Trinajstić information content (AvgIpc) is 2.89. The highest BCUT2D eigenvalue weighted by Crippen LogP contribution is 2.19. The topological polar surface area (TPSA) is 49.3 Å². The van der Waals surface area contributed by atoms with Crippen LogP contribution < -0.4 is 5.32 Å². The fourth-order valence-electron chi connectivity index (χ4n) is 2.23. The van der Waals surface area contributed by atoms with Crippen molar-refractivity contribution in [2.24, 2.45) is 0 Å². The molecule has 0 bridgehead atoms. The number of benzene rings is 1. The fourth-order valence-corrected chi connectivity index (χ4v) is 3.26. The first-order valence-corrected chi connectivity index (χ1v) is 7.98. The number of hydrogen-bond donors (Lipinski definition) is 2. The molecule has 0 saturated heterocycles. The molecule has 1 unspecified atom stereocenters. The van der Waals surface area contributed by atoms with E-state index in [1.807, 2.05) is 30.3 Å². The van der Waals surface area contributed by atoms with Gasteiger partial charge >= 0.3 is 0 Å². The minimum atomic E-state index is 0.131. The van der Waals surface area contributed by atoms with E-state index >= 15 is 0 Å². The Kier molecular flexibility index (Phi) is 5.53. The maximum Gasteiger partial charge on any atom is 0.169 e. The van der Waals surface area contributed by atoms with E-state index in [-0.39, 0.29) is 5.78 Å². The van der Waals surface area contributed by atoms with Crippen LogP contribution in [0, 0.1) is 0 Å². The van der Waals surface area contributed by atoms with Crippen molar-refractivity contribution < 1.29 is 9.90 Å². The summed E-state index contributed by atoms with van der Waals surface area (Å²) in [6.45, 7) is 4.56. The molecular weight excluding hydrogens is 282 g/mol. The van der Waals surface area contributed by atoms with Crippen molar-refractivity contribution >= 4 is 17.1 Å². The van der Waals surface area contributed by atoms with Crippen LogP contribution in [-0.4, -0.2) is 23.5 Å². The van der Waals surface area contributed by atoms with Gasteiger partial charge in [0.15, 0.2) is 5.78 Å². The first-order valence-electron chi connectivity index (χ1n) is 7.16. The number of Topliss-reactive ketones (excluding diaryl/α,β-unsaturated/α-hetero) is 1. The minimum absolute atomic E-state index is 0.131. The van der Waals surface area contributed by atoms with E-state index in [1.54, 1.807) is 24.3 Å². The van der Waals surface area contributed by atoms with E-state index in [9.17, 15) is 9.90 Å². The number of aromatic hydroxyl groups is 1. The van der Waals surface area contributed by atoms with Gasteiger partial charge in [-0.25, -0.2) is 0 Å². The Morgan fingerprint density at radius 1 is 1.29 bits per heavy atom. The lowest BCUT2D eigenvalue weighted by Gasteiger charge is -2.13. The molecule has 0 spiro atoms. The van der Waals surface area contributed by atoms with Crippen LogP contribution in [0.4, 0.5) is 0 Å². The molecule has 1 aromatic carbocycles. The van der Waals surface area contributed by atoms with E-state index < -0.39 is 0 Å². The number of ketones is 1. The third kappa shape index (κ3) is 4.69. The second kappa shape index (κ2) is 7.38. The summed E-state index contributed by atoms with van der Waals surface area (Å²) in [7, 11) is 0. The average molecular weight is 303 g/mol. The zero-order chi connectivity index (χ0) is 15.2. The van der Waals surface area contributed by atoms with E-state index in [2.05, 4.69) is 12.2 Å². The highest BCUT2D eigenvalue weighted by atomic mass is 32.1. The van der Waals surface area contributed by atoms with Crippen LogP contribution in [0.15, 0.2) is 36.4 Å². The molecule has 0 aliphatic heterocycles. The van der Waals surface area contributed by atoms with Crippen LogP contribution in [0.2, 0.25) is 0 Å². The first kappa shape index (κ1) is 15.7. The molecule has 2 aromatic rings. The van der Waals surface area contributed by atoms with Crippen molar-refractivity contribution in [3.63, 3.8) is 0 Å². The molecule has 0 radical (unpaired) electrons. The number of phenols is 1. The Balaban J connectivity index is 1.78. The van der Waals surface area contributed by atoms with Crippen molar-refractivity contribution in [1.82, 2.24) is 5.32 Å². The molecule has 21 heavy (non-hydrogen) atoms. The fraction of sp³-hybridized carbons (Fsp3) is 0.353. The summed E-state index contributed by atoms with van der Waals surface area (Å²) in [6, 6.07) is 11.7. The molecule has 0 saturated carbocycles. The lowest BCUT2D eigenvalue weighted by atomic mass is 10.1. The quantitative estimate of drug-likeness (QED) is 0.771. The Morgan fingerprint density at radius 3 is 2.71 bits per heavy atom. The highest BCUT2D eigenvalue weighted by Gasteiger charge is 2.08. The van der Waals surface area contributed by atoms with Gasteiger partial charge in [0.25, 0.3) is 0 Å².